The van der Waals surface area contributed by atoms with Crippen LogP contribution in [0.3, 0.4) is 0 Å². The molecule has 0 spiro atoms. The predicted octanol–water partition coefficient (Wildman–Crippen LogP) is 4.87. The van der Waals surface area contributed by atoms with Crippen LogP contribution < -0.4 is 0 Å². The van der Waals surface area contributed by atoms with E-state index in [9.17, 15) is 4.79 Å². The number of hydrogen-bond acceptors (Lipinski definition) is 1. The van der Waals surface area contributed by atoms with Gasteiger partial charge in [0.2, 0.25) is 0 Å². The standard InChI is InChI=1S/C16H24O/c1-3-4-5-7-10-14(2)13-16(17)15-11-8-6-9-12-15/h6,8-9,11-12,14H,3-5,7,10,13H2,1-2H3/t14-/m0/s1. The van der Waals surface area contributed by atoms with Crippen molar-refractivity contribution in [3.05, 3.63) is 35.9 Å². The zero-order chi connectivity index (χ0) is 12.5. The second-order valence-corrected chi connectivity index (χ2v) is 4.95. The van der Waals surface area contributed by atoms with Crippen molar-refractivity contribution in [2.24, 2.45) is 5.92 Å². The van der Waals surface area contributed by atoms with E-state index in [2.05, 4.69) is 13.8 Å². The number of ketones is 1. The summed E-state index contributed by atoms with van der Waals surface area (Å²) in [6.45, 7) is 4.41. The van der Waals surface area contributed by atoms with Crippen molar-refractivity contribution in [1.29, 1.82) is 0 Å². The fourth-order valence-electron chi connectivity index (χ4n) is 2.08. The molecule has 1 aromatic carbocycles. The molecule has 0 aliphatic carbocycles. The number of hydrogen-bond donors (Lipinski definition) is 0. The molecule has 0 heterocycles. The molecular formula is C16H24O. The third kappa shape index (κ3) is 5.67. The molecular weight excluding hydrogens is 208 g/mol. The van der Waals surface area contributed by atoms with E-state index in [4.69, 9.17) is 0 Å². The first-order valence-electron chi connectivity index (χ1n) is 6.82. The topological polar surface area (TPSA) is 17.1 Å². The van der Waals surface area contributed by atoms with Crippen molar-refractivity contribution in [2.75, 3.05) is 0 Å². The summed E-state index contributed by atoms with van der Waals surface area (Å²) in [5.41, 5.74) is 0.855. The maximum Gasteiger partial charge on any atom is 0.163 e. The summed E-state index contributed by atoms with van der Waals surface area (Å²) in [7, 11) is 0. The Morgan fingerprint density at radius 2 is 1.82 bits per heavy atom. The van der Waals surface area contributed by atoms with E-state index in [0.29, 0.717) is 12.3 Å². The Balaban J connectivity index is 2.26. The maximum absolute atomic E-state index is 11.9. The molecule has 1 atom stereocenters. The Bertz CT molecular complexity index is 316. The van der Waals surface area contributed by atoms with Gasteiger partial charge in [0.25, 0.3) is 0 Å². The lowest BCUT2D eigenvalue weighted by atomic mass is 9.95. The van der Waals surface area contributed by atoms with Crippen molar-refractivity contribution in [1.82, 2.24) is 0 Å². The van der Waals surface area contributed by atoms with E-state index in [1.165, 1.54) is 32.1 Å². The molecule has 0 amide bonds. The first-order chi connectivity index (χ1) is 8.24. The van der Waals surface area contributed by atoms with Crippen molar-refractivity contribution >= 4 is 5.78 Å². The molecule has 0 radical (unpaired) electrons. The van der Waals surface area contributed by atoms with E-state index in [-0.39, 0.29) is 5.78 Å². The lowest BCUT2D eigenvalue weighted by Crippen LogP contribution is -2.06. The summed E-state index contributed by atoms with van der Waals surface area (Å²) in [6.07, 6.45) is 7.03. The molecule has 17 heavy (non-hydrogen) atoms. The predicted molar refractivity (Wildman–Crippen MR) is 73.3 cm³/mol. The van der Waals surface area contributed by atoms with Gasteiger partial charge in [0.15, 0.2) is 5.78 Å². The Labute approximate surface area is 105 Å². The Hall–Kier alpha value is -1.11. The Morgan fingerprint density at radius 3 is 2.47 bits per heavy atom. The molecule has 0 saturated carbocycles. The molecule has 1 aromatic rings. The average Bonchev–Trinajstić information content (AvgIpc) is 2.36. The van der Waals surface area contributed by atoms with Crippen LogP contribution in [0.2, 0.25) is 0 Å². The summed E-state index contributed by atoms with van der Waals surface area (Å²) in [6, 6.07) is 9.63. The van der Waals surface area contributed by atoms with Crippen molar-refractivity contribution in [3.63, 3.8) is 0 Å². The van der Waals surface area contributed by atoms with Gasteiger partial charge in [-0.1, -0.05) is 76.3 Å². The monoisotopic (exact) mass is 232 g/mol. The van der Waals surface area contributed by atoms with Crippen LogP contribution in [0.5, 0.6) is 0 Å². The summed E-state index contributed by atoms with van der Waals surface area (Å²) >= 11 is 0. The lowest BCUT2D eigenvalue weighted by molar-refractivity contribution is 0.0962. The van der Waals surface area contributed by atoms with Gasteiger partial charge in [-0.15, -0.1) is 0 Å². The molecule has 0 aliphatic rings. The zero-order valence-electron chi connectivity index (χ0n) is 11.1. The third-order valence-corrected chi connectivity index (χ3v) is 3.18. The van der Waals surface area contributed by atoms with Crippen LogP contribution in [-0.4, -0.2) is 5.78 Å². The van der Waals surface area contributed by atoms with Crippen molar-refractivity contribution in [3.8, 4) is 0 Å². The molecule has 0 aromatic heterocycles. The van der Waals surface area contributed by atoms with Crippen molar-refractivity contribution < 1.29 is 4.79 Å². The van der Waals surface area contributed by atoms with E-state index >= 15 is 0 Å². The van der Waals surface area contributed by atoms with E-state index in [1.807, 2.05) is 30.3 Å². The maximum atomic E-state index is 11.9. The van der Waals surface area contributed by atoms with Gasteiger partial charge in [-0.05, 0) is 5.92 Å². The number of rotatable bonds is 8. The fraction of sp³-hybridized carbons (Fsp3) is 0.562. The molecule has 1 rings (SSSR count). The summed E-state index contributed by atoms with van der Waals surface area (Å²) in [5, 5.41) is 0. The van der Waals surface area contributed by atoms with Crippen LogP contribution in [0, 0.1) is 5.92 Å². The number of carbonyl (C=O) groups excluding carboxylic acids is 1. The highest BCUT2D eigenvalue weighted by Crippen LogP contribution is 2.16. The molecule has 1 heteroatoms. The van der Waals surface area contributed by atoms with Crippen LogP contribution in [0.4, 0.5) is 0 Å². The highest BCUT2D eigenvalue weighted by atomic mass is 16.1. The van der Waals surface area contributed by atoms with Crippen LogP contribution >= 0.6 is 0 Å². The molecule has 0 unspecified atom stereocenters. The van der Waals surface area contributed by atoms with Crippen LogP contribution in [0.1, 0.15) is 62.7 Å². The van der Waals surface area contributed by atoms with Crippen LogP contribution in [0.25, 0.3) is 0 Å². The highest BCUT2D eigenvalue weighted by Gasteiger charge is 2.10. The van der Waals surface area contributed by atoms with Crippen LogP contribution in [-0.2, 0) is 0 Å². The molecule has 0 N–H and O–H groups in total. The smallest absolute Gasteiger partial charge is 0.163 e. The van der Waals surface area contributed by atoms with Gasteiger partial charge in [0.05, 0.1) is 0 Å². The van der Waals surface area contributed by atoms with Gasteiger partial charge in [-0.3, -0.25) is 4.79 Å². The zero-order valence-corrected chi connectivity index (χ0v) is 11.1. The number of benzene rings is 1. The Kier molecular flexibility index (Phi) is 6.61. The number of unbranched alkanes of at least 4 members (excludes halogenated alkanes) is 3. The van der Waals surface area contributed by atoms with E-state index < -0.39 is 0 Å². The molecule has 0 aliphatic heterocycles. The van der Waals surface area contributed by atoms with Gasteiger partial charge in [0.1, 0.15) is 0 Å². The first kappa shape index (κ1) is 14.0. The number of Topliss-reactive ketones (excluding diaryl/α,β-unsaturated/α-hetero) is 1. The van der Waals surface area contributed by atoms with E-state index in [1.54, 1.807) is 0 Å². The second-order valence-electron chi connectivity index (χ2n) is 4.95. The van der Waals surface area contributed by atoms with Gasteiger partial charge in [-0.25, -0.2) is 0 Å². The molecule has 1 nitrogen and oxygen atoms in total. The SMILES string of the molecule is CCCCCC[C@H](C)CC(=O)c1ccccc1. The highest BCUT2D eigenvalue weighted by molar-refractivity contribution is 5.96. The minimum absolute atomic E-state index is 0.286. The molecule has 0 saturated heterocycles. The first-order valence-corrected chi connectivity index (χ1v) is 6.82. The second kappa shape index (κ2) is 8.05. The fourth-order valence-corrected chi connectivity index (χ4v) is 2.08. The van der Waals surface area contributed by atoms with Crippen LogP contribution in [0.15, 0.2) is 30.3 Å². The lowest BCUT2D eigenvalue weighted by Gasteiger charge is -2.10. The molecule has 94 valence electrons. The quantitative estimate of drug-likeness (QED) is 0.462. The minimum Gasteiger partial charge on any atom is -0.294 e. The Morgan fingerprint density at radius 1 is 1.12 bits per heavy atom. The van der Waals surface area contributed by atoms with Gasteiger partial charge < -0.3 is 0 Å². The van der Waals surface area contributed by atoms with Crippen molar-refractivity contribution in [2.45, 2.75) is 52.4 Å². The summed E-state index contributed by atoms with van der Waals surface area (Å²) < 4.78 is 0. The summed E-state index contributed by atoms with van der Waals surface area (Å²) in [4.78, 5) is 11.9. The third-order valence-electron chi connectivity index (χ3n) is 3.18. The van der Waals surface area contributed by atoms with Gasteiger partial charge in [0, 0.05) is 12.0 Å². The van der Waals surface area contributed by atoms with Gasteiger partial charge in [-0.2, -0.15) is 0 Å². The van der Waals surface area contributed by atoms with Gasteiger partial charge >= 0.3 is 0 Å². The normalized spacial score (nSPS) is 12.4. The number of carbonyl (C=O) groups is 1. The average molecular weight is 232 g/mol. The largest absolute Gasteiger partial charge is 0.294 e. The molecule has 0 fully saturated rings. The minimum atomic E-state index is 0.286. The summed E-state index contributed by atoms with van der Waals surface area (Å²) in [5.74, 6) is 0.799. The van der Waals surface area contributed by atoms with E-state index in [0.717, 1.165) is 5.56 Å². The molecule has 0 bridgehead atoms.